The van der Waals surface area contributed by atoms with Crippen molar-refractivity contribution >= 4 is 33.2 Å². The summed E-state index contributed by atoms with van der Waals surface area (Å²) in [5.41, 5.74) is 3.03. The van der Waals surface area contributed by atoms with Crippen molar-refractivity contribution in [1.82, 2.24) is 4.98 Å². The van der Waals surface area contributed by atoms with Crippen LogP contribution in [0.25, 0.3) is 0 Å². The Labute approximate surface area is 125 Å². The molecule has 5 heteroatoms. The van der Waals surface area contributed by atoms with Gasteiger partial charge in [-0.3, -0.25) is 4.79 Å². The molecule has 0 radical (unpaired) electrons. The molecule has 2 N–H and O–H groups in total. The van der Waals surface area contributed by atoms with Gasteiger partial charge in [-0.05, 0) is 46.1 Å². The van der Waals surface area contributed by atoms with Gasteiger partial charge >= 0.3 is 0 Å². The van der Waals surface area contributed by atoms with Crippen molar-refractivity contribution in [2.75, 3.05) is 17.2 Å². The summed E-state index contributed by atoms with van der Waals surface area (Å²) in [7, 11) is 0. The molecule has 1 aliphatic heterocycles. The van der Waals surface area contributed by atoms with E-state index in [4.69, 9.17) is 0 Å². The largest absolute Gasteiger partial charge is 0.384 e. The molecule has 102 valence electrons. The first-order chi connectivity index (χ1) is 9.72. The number of fused-ring (bicyclic) bond motifs is 1. The van der Waals surface area contributed by atoms with Crippen LogP contribution in [0.5, 0.6) is 0 Å². The minimum absolute atomic E-state index is 0.0242. The first-order valence-electron chi connectivity index (χ1n) is 6.46. The lowest BCUT2D eigenvalue weighted by Crippen LogP contribution is -2.33. The molecule has 4 nitrogen and oxygen atoms in total. The Morgan fingerprint density at radius 1 is 1.30 bits per heavy atom. The van der Waals surface area contributed by atoms with Gasteiger partial charge in [0.25, 0.3) is 0 Å². The second-order valence-corrected chi connectivity index (χ2v) is 5.61. The number of benzene rings is 1. The molecular formula is C15H14BrN3O. The molecular weight excluding hydrogens is 318 g/mol. The molecule has 0 fully saturated rings. The van der Waals surface area contributed by atoms with E-state index in [0.29, 0.717) is 6.54 Å². The summed E-state index contributed by atoms with van der Waals surface area (Å²) in [6, 6.07) is 11.7. The molecule has 0 saturated heterocycles. The molecule has 2 aromatic rings. The van der Waals surface area contributed by atoms with Crippen LogP contribution >= 0.6 is 15.9 Å². The fraction of sp³-hybridized carbons (Fsp3) is 0.200. The van der Waals surface area contributed by atoms with E-state index in [2.05, 4.69) is 37.6 Å². The number of para-hydroxylation sites is 1. The van der Waals surface area contributed by atoms with Gasteiger partial charge in [0.2, 0.25) is 5.91 Å². The van der Waals surface area contributed by atoms with E-state index in [9.17, 15) is 4.79 Å². The van der Waals surface area contributed by atoms with Crippen LogP contribution in [0.2, 0.25) is 0 Å². The van der Waals surface area contributed by atoms with Crippen LogP contribution in [0.3, 0.4) is 0 Å². The van der Waals surface area contributed by atoms with Crippen molar-refractivity contribution in [3.8, 4) is 0 Å². The number of nitrogens with one attached hydrogen (secondary N) is 2. The van der Waals surface area contributed by atoms with Gasteiger partial charge in [-0.1, -0.05) is 18.2 Å². The van der Waals surface area contributed by atoms with Crippen molar-refractivity contribution in [2.45, 2.75) is 6.42 Å². The summed E-state index contributed by atoms with van der Waals surface area (Å²) in [6.45, 7) is 0.660. The minimum Gasteiger partial charge on any atom is -0.384 e. The number of carbonyl (C=O) groups is 1. The first kappa shape index (κ1) is 13.1. The molecule has 1 aliphatic rings. The number of pyridine rings is 1. The zero-order chi connectivity index (χ0) is 13.9. The molecule has 0 aliphatic carbocycles. The zero-order valence-electron chi connectivity index (χ0n) is 10.8. The van der Waals surface area contributed by atoms with Crippen LogP contribution in [-0.2, 0) is 11.2 Å². The van der Waals surface area contributed by atoms with E-state index in [-0.39, 0.29) is 11.8 Å². The summed E-state index contributed by atoms with van der Waals surface area (Å²) in [5, 5.41) is 6.21. The topological polar surface area (TPSA) is 54.0 Å². The molecule has 0 spiro atoms. The molecule has 1 amide bonds. The maximum absolute atomic E-state index is 12.3. The van der Waals surface area contributed by atoms with Crippen LogP contribution in [0.15, 0.2) is 47.2 Å². The highest BCUT2D eigenvalue weighted by atomic mass is 79.9. The second-order valence-electron chi connectivity index (χ2n) is 4.80. The highest BCUT2D eigenvalue weighted by Crippen LogP contribution is 2.25. The van der Waals surface area contributed by atoms with E-state index in [1.165, 1.54) is 5.56 Å². The smallest absolute Gasteiger partial charge is 0.229 e. The number of carbonyl (C=O) groups excluding carboxylic acids is 1. The first-order valence-corrected chi connectivity index (χ1v) is 7.26. The Kier molecular flexibility index (Phi) is 3.69. The summed E-state index contributed by atoms with van der Waals surface area (Å²) >= 11 is 3.27. The third-order valence-electron chi connectivity index (χ3n) is 3.39. The highest BCUT2D eigenvalue weighted by molar-refractivity contribution is 9.10. The van der Waals surface area contributed by atoms with E-state index >= 15 is 0 Å². The monoisotopic (exact) mass is 331 g/mol. The van der Waals surface area contributed by atoms with Crippen molar-refractivity contribution in [3.63, 3.8) is 0 Å². The summed E-state index contributed by atoms with van der Waals surface area (Å²) < 4.78 is 0.753. The Morgan fingerprint density at radius 3 is 2.95 bits per heavy atom. The number of halogens is 1. The molecule has 3 rings (SSSR count). The van der Waals surface area contributed by atoms with E-state index < -0.39 is 0 Å². The number of rotatable bonds is 2. The van der Waals surface area contributed by atoms with Crippen LogP contribution in [-0.4, -0.2) is 17.4 Å². The van der Waals surface area contributed by atoms with Gasteiger partial charge in [0.05, 0.1) is 17.8 Å². The lowest BCUT2D eigenvalue weighted by atomic mass is 9.93. The molecule has 1 unspecified atom stereocenters. The fourth-order valence-corrected chi connectivity index (χ4v) is 2.56. The van der Waals surface area contributed by atoms with Crippen molar-refractivity contribution in [3.05, 3.63) is 52.8 Å². The van der Waals surface area contributed by atoms with Gasteiger partial charge in [0.15, 0.2) is 0 Å². The van der Waals surface area contributed by atoms with E-state index in [1.807, 2.05) is 30.3 Å². The quantitative estimate of drug-likeness (QED) is 0.831. The second kappa shape index (κ2) is 5.63. The van der Waals surface area contributed by atoms with Gasteiger partial charge in [0, 0.05) is 12.2 Å². The van der Waals surface area contributed by atoms with Gasteiger partial charge in [-0.25, -0.2) is 4.98 Å². The number of nitrogens with zero attached hydrogens (tertiary/aromatic N) is 1. The number of hydrogen-bond acceptors (Lipinski definition) is 3. The summed E-state index contributed by atoms with van der Waals surface area (Å²) in [5.74, 6) is -0.0373. The van der Waals surface area contributed by atoms with Crippen LogP contribution in [0.4, 0.5) is 11.4 Å². The van der Waals surface area contributed by atoms with Crippen molar-refractivity contribution in [2.24, 2.45) is 5.92 Å². The predicted octanol–water partition coefficient (Wildman–Crippen LogP) is 3.07. The summed E-state index contributed by atoms with van der Waals surface area (Å²) in [6.07, 6.45) is 2.41. The van der Waals surface area contributed by atoms with Crippen LogP contribution < -0.4 is 10.6 Å². The zero-order valence-corrected chi connectivity index (χ0v) is 12.4. The maximum Gasteiger partial charge on any atom is 0.229 e. The van der Waals surface area contributed by atoms with Crippen LogP contribution in [0.1, 0.15) is 5.56 Å². The van der Waals surface area contributed by atoms with Gasteiger partial charge < -0.3 is 10.6 Å². The Hall–Kier alpha value is -1.88. The van der Waals surface area contributed by atoms with Gasteiger partial charge in [-0.2, -0.15) is 0 Å². The third-order valence-corrected chi connectivity index (χ3v) is 3.86. The summed E-state index contributed by atoms with van der Waals surface area (Å²) in [4.78, 5) is 16.4. The van der Waals surface area contributed by atoms with Crippen molar-refractivity contribution < 1.29 is 4.79 Å². The molecule has 1 aromatic carbocycles. The molecule has 1 aromatic heterocycles. The van der Waals surface area contributed by atoms with Crippen LogP contribution in [0, 0.1) is 5.92 Å². The normalized spacial score (nSPS) is 16.9. The average Bonchev–Trinajstić information content (AvgIpc) is 2.49. The predicted molar refractivity (Wildman–Crippen MR) is 82.7 cm³/mol. The lowest BCUT2D eigenvalue weighted by Gasteiger charge is -2.25. The van der Waals surface area contributed by atoms with E-state index in [0.717, 1.165) is 22.4 Å². The number of anilines is 2. The Morgan fingerprint density at radius 2 is 2.15 bits per heavy atom. The van der Waals surface area contributed by atoms with E-state index in [1.54, 1.807) is 6.20 Å². The standard InChI is InChI=1S/C15H14BrN3O/c16-14-6-5-12(9-18-14)19-15(20)11-7-10-3-1-2-4-13(10)17-8-11/h1-6,9,11,17H,7-8H2,(H,19,20). The Balaban J connectivity index is 1.68. The molecule has 2 heterocycles. The molecule has 0 saturated carbocycles. The SMILES string of the molecule is O=C(Nc1ccc(Br)nc1)C1CNc2ccccc2C1. The number of hydrogen-bond donors (Lipinski definition) is 2. The number of aromatic nitrogens is 1. The lowest BCUT2D eigenvalue weighted by molar-refractivity contribution is -0.119. The molecule has 1 atom stereocenters. The molecule has 20 heavy (non-hydrogen) atoms. The third kappa shape index (κ3) is 2.82. The Bertz CT molecular complexity index is 627. The fourth-order valence-electron chi connectivity index (χ4n) is 2.32. The maximum atomic E-state index is 12.3. The van der Waals surface area contributed by atoms with Gasteiger partial charge in [-0.15, -0.1) is 0 Å². The highest BCUT2D eigenvalue weighted by Gasteiger charge is 2.24. The minimum atomic E-state index is -0.0615. The average molecular weight is 332 g/mol. The molecule has 0 bridgehead atoms. The van der Waals surface area contributed by atoms with Crippen molar-refractivity contribution in [1.29, 1.82) is 0 Å². The number of amides is 1. The van der Waals surface area contributed by atoms with Gasteiger partial charge in [0.1, 0.15) is 4.60 Å².